The number of carbonyl (C=O) groups excluding carboxylic acids is 1. The molecule has 1 N–H and O–H groups in total. The number of carbonyl (C=O) groups is 1. The van der Waals surface area contributed by atoms with E-state index in [1.165, 1.54) is 24.8 Å². The Hall–Kier alpha value is -2.21. The molecule has 1 amide bonds. The molecule has 1 aliphatic heterocycles. The summed E-state index contributed by atoms with van der Waals surface area (Å²) < 4.78 is 1.07. The highest BCUT2D eigenvalue weighted by atomic mass is 79.9. The van der Waals surface area contributed by atoms with Crippen LogP contribution in [0.2, 0.25) is 0 Å². The van der Waals surface area contributed by atoms with Crippen LogP contribution in [0, 0.1) is 11.8 Å². The number of aliphatic imine (C=N–C) groups is 1. The van der Waals surface area contributed by atoms with Gasteiger partial charge in [-0.25, -0.2) is 0 Å². The number of rotatable bonds is 7. The number of hydrogen-bond donors (Lipinski definition) is 1. The third-order valence-corrected chi connectivity index (χ3v) is 7.63. The van der Waals surface area contributed by atoms with Crippen molar-refractivity contribution < 1.29 is 4.79 Å². The monoisotopic (exact) mass is 542 g/mol. The number of piperidine rings is 1. The van der Waals surface area contributed by atoms with E-state index in [1.807, 2.05) is 26.1 Å². The molecule has 192 valence electrons. The van der Waals surface area contributed by atoms with Crippen molar-refractivity contribution in [2.24, 2.45) is 16.8 Å². The van der Waals surface area contributed by atoms with E-state index in [0.717, 1.165) is 66.6 Å². The molecule has 1 saturated heterocycles. The number of aromatic nitrogens is 1. The van der Waals surface area contributed by atoms with Gasteiger partial charge in [0.15, 0.2) is 0 Å². The molecule has 1 atom stereocenters. The second-order valence-electron chi connectivity index (χ2n) is 9.81. The molecule has 1 saturated carbocycles. The van der Waals surface area contributed by atoms with Crippen LogP contribution in [0.1, 0.15) is 71.3 Å². The zero-order chi connectivity index (χ0) is 25.6. The van der Waals surface area contributed by atoms with E-state index in [1.54, 1.807) is 19.5 Å². The van der Waals surface area contributed by atoms with Crippen molar-refractivity contribution in [1.29, 1.82) is 0 Å². The summed E-state index contributed by atoms with van der Waals surface area (Å²) in [6.45, 7) is 13.0. The van der Waals surface area contributed by atoms with Gasteiger partial charge in [-0.05, 0) is 85.7 Å². The molecule has 6 heteroatoms. The van der Waals surface area contributed by atoms with Gasteiger partial charge in [0, 0.05) is 67.3 Å². The van der Waals surface area contributed by atoms with Crippen molar-refractivity contribution in [3.05, 3.63) is 64.1 Å². The quantitative estimate of drug-likeness (QED) is 0.303. The highest BCUT2D eigenvalue weighted by Gasteiger charge is 2.30. The van der Waals surface area contributed by atoms with Crippen molar-refractivity contribution in [3.63, 3.8) is 0 Å². The molecule has 1 unspecified atom stereocenters. The van der Waals surface area contributed by atoms with Gasteiger partial charge in [0.2, 0.25) is 5.91 Å². The lowest BCUT2D eigenvalue weighted by Crippen LogP contribution is -2.43. The fourth-order valence-electron chi connectivity index (χ4n) is 4.52. The number of amides is 1. The van der Waals surface area contributed by atoms with Crippen LogP contribution in [0.4, 0.5) is 0 Å². The van der Waals surface area contributed by atoms with Crippen LogP contribution in [0.3, 0.4) is 0 Å². The Labute approximate surface area is 221 Å². The zero-order valence-electron chi connectivity index (χ0n) is 22.0. The van der Waals surface area contributed by atoms with Gasteiger partial charge in [0.1, 0.15) is 0 Å². The SMILES string of the molecule is C=C(/C=C(\C)NCc1cccnc1)C1CCCN(C(=O)C2CCCCC2)C1.CN=CC(Br)=C(C)C. The van der Waals surface area contributed by atoms with Crippen LogP contribution >= 0.6 is 15.9 Å². The fourth-order valence-corrected chi connectivity index (χ4v) is 4.73. The normalized spacial score (nSPS) is 19.1. The first-order valence-electron chi connectivity index (χ1n) is 12.9. The van der Waals surface area contributed by atoms with Gasteiger partial charge in [-0.1, -0.05) is 37.5 Å². The first-order chi connectivity index (χ1) is 16.8. The maximum Gasteiger partial charge on any atom is 0.225 e. The standard InChI is InChI=1S/C23H33N3O.C6H10BrN/c1-18(14-19(2)25-16-20-8-6-12-24-15-20)22-11-7-13-26(17-22)23(27)21-9-4-3-5-10-21;1-5(2)6(7)4-8-3/h6,8,12,14-15,21-22,25H,1,3-5,7,9-11,13,16-17H2,2H3;4H,1-3H3/b19-14+;. The van der Waals surface area contributed by atoms with Crippen LogP contribution in [-0.2, 0) is 11.3 Å². The number of nitrogens with one attached hydrogen (secondary N) is 1. The molecule has 5 nitrogen and oxygen atoms in total. The van der Waals surface area contributed by atoms with Gasteiger partial charge >= 0.3 is 0 Å². The van der Waals surface area contributed by atoms with E-state index in [2.05, 4.69) is 61.8 Å². The predicted molar refractivity (Wildman–Crippen MR) is 152 cm³/mol. The first kappa shape index (κ1) is 29.0. The van der Waals surface area contributed by atoms with Crippen molar-refractivity contribution in [1.82, 2.24) is 15.2 Å². The fraction of sp³-hybridized carbons (Fsp3) is 0.552. The molecule has 2 aliphatic rings. The van der Waals surface area contributed by atoms with Crippen molar-refractivity contribution in [3.8, 4) is 0 Å². The highest BCUT2D eigenvalue weighted by molar-refractivity contribution is 9.12. The van der Waals surface area contributed by atoms with Crippen molar-refractivity contribution in [2.45, 2.75) is 72.3 Å². The number of hydrogen-bond acceptors (Lipinski definition) is 4. The Morgan fingerprint density at radius 2 is 1.91 bits per heavy atom. The lowest BCUT2D eigenvalue weighted by atomic mass is 9.86. The molecule has 0 bridgehead atoms. The van der Waals surface area contributed by atoms with E-state index in [4.69, 9.17) is 0 Å². The second kappa shape index (κ2) is 15.7. The minimum Gasteiger partial charge on any atom is -0.384 e. The molecule has 1 aromatic rings. The summed E-state index contributed by atoms with van der Waals surface area (Å²) >= 11 is 3.33. The first-order valence-corrected chi connectivity index (χ1v) is 13.6. The molecule has 35 heavy (non-hydrogen) atoms. The van der Waals surface area contributed by atoms with Gasteiger partial charge in [-0.15, -0.1) is 0 Å². The summed E-state index contributed by atoms with van der Waals surface area (Å²) in [5, 5.41) is 3.43. The molecule has 1 aromatic heterocycles. The molecule has 2 heterocycles. The average Bonchev–Trinajstić information content (AvgIpc) is 2.88. The van der Waals surface area contributed by atoms with E-state index in [0.29, 0.717) is 11.8 Å². The summed E-state index contributed by atoms with van der Waals surface area (Å²) in [4.78, 5) is 23.0. The van der Waals surface area contributed by atoms with Crippen LogP contribution in [0.25, 0.3) is 0 Å². The average molecular weight is 544 g/mol. The Morgan fingerprint density at radius 3 is 2.51 bits per heavy atom. The minimum atomic E-state index is 0.268. The summed E-state index contributed by atoms with van der Waals surface area (Å²) in [6, 6.07) is 4.02. The third-order valence-electron chi connectivity index (χ3n) is 6.63. The highest BCUT2D eigenvalue weighted by Crippen LogP contribution is 2.29. The van der Waals surface area contributed by atoms with Gasteiger partial charge in [-0.2, -0.15) is 0 Å². The van der Waals surface area contributed by atoms with Gasteiger partial charge < -0.3 is 10.2 Å². The number of nitrogens with zero attached hydrogens (tertiary/aromatic N) is 3. The minimum absolute atomic E-state index is 0.268. The molecule has 0 spiro atoms. The lowest BCUT2D eigenvalue weighted by Gasteiger charge is -2.36. The smallest absolute Gasteiger partial charge is 0.225 e. The van der Waals surface area contributed by atoms with E-state index >= 15 is 0 Å². The largest absolute Gasteiger partial charge is 0.384 e. The Kier molecular flexibility index (Phi) is 13.0. The molecule has 0 radical (unpaired) electrons. The molecule has 3 rings (SSSR count). The number of likely N-dealkylation sites (tertiary alicyclic amines) is 1. The zero-order valence-corrected chi connectivity index (χ0v) is 23.6. The summed E-state index contributed by atoms with van der Waals surface area (Å²) in [6.07, 6.45) is 15.7. The summed E-state index contributed by atoms with van der Waals surface area (Å²) in [5.74, 6) is 1.04. The van der Waals surface area contributed by atoms with Crippen LogP contribution in [0.5, 0.6) is 0 Å². The van der Waals surface area contributed by atoms with Crippen molar-refractivity contribution in [2.75, 3.05) is 20.1 Å². The van der Waals surface area contributed by atoms with Gasteiger partial charge in [-0.3, -0.25) is 14.8 Å². The predicted octanol–water partition coefficient (Wildman–Crippen LogP) is 6.83. The number of halogens is 1. The van der Waals surface area contributed by atoms with Crippen LogP contribution in [0.15, 0.2) is 63.5 Å². The Morgan fingerprint density at radius 1 is 1.20 bits per heavy atom. The third kappa shape index (κ3) is 10.5. The van der Waals surface area contributed by atoms with Gasteiger partial charge in [0.05, 0.1) is 0 Å². The van der Waals surface area contributed by atoms with Gasteiger partial charge in [0.25, 0.3) is 0 Å². The Bertz CT molecular complexity index is 897. The second-order valence-corrected chi connectivity index (χ2v) is 10.7. The van der Waals surface area contributed by atoms with E-state index in [-0.39, 0.29) is 5.92 Å². The number of allylic oxidation sites excluding steroid dienone is 4. The summed E-state index contributed by atoms with van der Waals surface area (Å²) in [7, 11) is 1.75. The maximum atomic E-state index is 12.9. The van der Waals surface area contributed by atoms with E-state index in [9.17, 15) is 4.79 Å². The molecule has 0 aromatic carbocycles. The molecule has 1 aliphatic carbocycles. The Balaban J connectivity index is 0.000000466. The van der Waals surface area contributed by atoms with Crippen LogP contribution in [-0.4, -0.2) is 42.1 Å². The van der Waals surface area contributed by atoms with Crippen LogP contribution < -0.4 is 5.32 Å². The topological polar surface area (TPSA) is 57.6 Å². The molecule has 2 fully saturated rings. The number of pyridine rings is 1. The molecular formula is C29H43BrN4O. The maximum absolute atomic E-state index is 12.9. The van der Waals surface area contributed by atoms with Crippen molar-refractivity contribution >= 4 is 28.1 Å². The summed E-state index contributed by atoms with van der Waals surface area (Å²) in [5.41, 5.74) is 4.65. The molecular weight excluding hydrogens is 500 g/mol. The van der Waals surface area contributed by atoms with E-state index < -0.39 is 0 Å². The lowest BCUT2D eigenvalue weighted by molar-refractivity contribution is -0.138.